The third-order valence-corrected chi connectivity index (χ3v) is 6.45. The molecule has 2 amide bonds. The largest absolute Gasteiger partial charge is 0.343 e. The van der Waals surface area contributed by atoms with Gasteiger partial charge in [0.15, 0.2) is 0 Å². The molecule has 2 N–H and O–H groups in total. The van der Waals surface area contributed by atoms with Gasteiger partial charge in [0.25, 0.3) is 0 Å². The quantitative estimate of drug-likeness (QED) is 0.580. The Morgan fingerprint density at radius 3 is 2.67 bits per heavy atom. The Labute approximate surface area is 194 Å². The van der Waals surface area contributed by atoms with Crippen LogP contribution in [-0.4, -0.2) is 56.9 Å². The van der Waals surface area contributed by atoms with Crippen molar-refractivity contribution in [3.05, 3.63) is 54.5 Å². The molecule has 0 aliphatic carbocycles. The molecule has 33 heavy (non-hydrogen) atoms. The number of hydrogen-bond donors (Lipinski definition) is 2. The lowest BCUT2D eigenvalue weighted by Gasteiger charge is -2.32. The number of carbonyl (C=O) groups is 2. The molecule has 1 aliphatic heterocycles. The van der Waals surface area contributed by atoms with E-state index in [4.69, 9.17) is 0 Å². The zero-order valence-electron chi connectivity index (χ0n) is 19.7. The Balaban J connectivity index is 1.60. The smallest absolute Gasteiger partial charge is 0.245 e. The minimum atomic E-state index is -0.562. The number of aromatic nitrogens is 3. The molecule has 1 fully saturated rings. The number of nitrogens with one attached hydrogen (secondary N) is 2. The lowest BCUT2D eigenvalue weighted by molar-refractivity contribution is -0.138. The zero-order chi connectivity index (χ0) is 23.5. The number of likely N-dealkylation sites (tertiary alicyclic amines) is 1. The van der Waals surface area contributed by atoms with Crippen molar-refractivity contribution in [2.45, 2.75) is 51.7 Å². The van der Waals surface area contributed by atoms with E-state index in [0.717, 1.165) is 35.3 Å². The summed E-state index contributed by atoms with van der Waals surface area (Å²) in [5, 5.41) is 5.89. The molecule has 3 aromatic rings. The third kappa shape index (κ3) is 4.61. The zero-order valence-corrected chi connectivity index (χ0v) is 19.7. The van der Waals surface area contributed by atoms with E-state index in [-0.39, 0.29) is 29.8 Å². The van der Waals surface area contributed by atoms with Crippen LogP contribution in [0.5, 0.6) is 0 Å². The van der Waals surface area contributed by atoms with Gasteiger partial charge in [-0.15, -0.1) is 0 Å². The molecule has 1 aromatic carbocycles. The van der Waals surface area contributed by atoms with Gasteiger partial charge in [-0.25, -0.2) is 9.97 Å². The summed E-state index contributed by atoms with van der Waals surface area (Å²) < 4.78 is 1.97. The second-order valence-electron chi connectivity index (χ2n) is 8.98. The maximum atomic E-state index is 13.6. The molecule has 1 aliphatic rings. The molecule has 4 rings (SSSR count). The van der Waals surface area contributed by atoms with Gasteiger partial charge in [0.2, 0.25) is 11.8 Å². The fraction of sp³-hybridized carbons (Fsp3) is 0.440. The third-order valence-electron chi connectivity index (χ3n) is 6.45. The van der Waals surface area contributed by atoms with Crippen molar-refractivity contribution in [1.82, 2.24) is 30.1 Å². The van der Waals surface area contributed by atoms with E-state index in [1.54, 1.807) is 26.5 Å². The van der Waals surface area contributed by atoms with Crippen molar-refractivity contribution in [2.24, 2.45) is 5.92 Å². The van der Waals surface area contributed by atoms with Gasteiger partial charge in [0, 0.05) is 12.7 Å². The summed E-state index contributed by atoms with van der Waals surface area (Å²) >= 11 is 0. The number of likely N-dealkylation sites (N-methyl/N-ethyl adjacent to an activating group) is 1. The van der Waals surface area contributed by atoms with Gasteiger partial charge >= 0.3 is 0 Å². The number of pyridine rings is 1. The van der Waals surface area contributed by atoms with Gasteiger partial charge in [0.1, 0.15) is 18.2 Å². The molecule has 174 valence electrons. The van der Waals surface area contributed by atoms with Gasteiger partial charge in [-0.05, 0) is 62.6 Å². The Hall–Kier alpha value is -3.26. The molecule has 1 saturated heterocycles. The highest BCUT2D eigenvalue weighted by atomic mass is 16.2. The predicted octanol–water partition coefficient (Wildman–Crippen LogP) is 2.83. The molecule has 0 bridgehead atoms. The molecule has 0 saturated carbocycles. The van der Waals surface area contributed by atoms with Crippen LogP contribution in [0.3, 0.4) is 0 Å². The molecule has 0 spiro atoms. The normalized spacial score (nSPS) is 18.0. The Morgan fingerprint density at radius 1 is 1.12 bits per heavy atom. The predicted molar refractivity (Wildman–Crippen MR) is 128 cm³/mol. The molecule has 8 heteroatoms. The van der Waals surface area contributed by atoms with Gasteiger partial charge in [0.05, 0.1) is 23.1 Å². The highest BCUT2D eigenvalue weighted by Gasteiger charge is 2.36. The standard InChI is InChI=1S/C25H32N6O2/c1-16(2)23(29-24(32)17(3)26-4)25(33)30-13-7-10-20(30)18-11-12-27-22(14-18)31-15-28-19-8-5-6-9-21(19)31/h5-6,8-9,11-12,14-17,20,23,26H,7,10,13H2,1-4H3,(H,29,32)/t17?,20?,23-/m0/s1. The van der Waals surface area contributed by atoms with E-state index in [1.165, 1.54) is 0 Å². The van der Waals surface area contributed by atoms with Crippen LogP contribution in [0.2, 0.25) is 0 Å². The molecule has 2 aromatic heterocycles. The van der Waals surface area contributed by atoms with Gasteiger partial charge in [-0.2, -0.15) is 0 Å². The SMILES string of the molecule is CNC(C)C(=O)N[C@H](C(=O)N1CCCC1c1ccnc(-n2cnc3ccccc32)c1)C(C)C. The lowest BCUT2D eigenvalue weighted by atomic mass is 10.00. The number of carbonyl (C=O) groups excluding carboxylic acids is 2. The summed E-state index contributed by atoms with van der Waals surface area (Å²) in [6.07, 6.45) is 5.37. The topological polar surface area (TPSA) is 92.2 Å². The van der Waals surface area contributed by atoms with Crippen molar-refractivity contribution < 1.29 is 9.59 Å². The van der Waals surface area contributed by atoms with E-state index in [0.29, 0.717) is 6.54 Å². The average molecular weight is 449 g/mol. The van der Waals surface area contributed by atoms with Gasteiger partial charge in [-0.1, -0.05) is 26.0 Å². The first-order valence-electron chi connectivity index (χ1n) is 11.6. The number of benzene rings is 1. The summed E-state index contributed by atoms with van der Waals surface area (Å²) in [6, 6.07) is 11.0. The van der Waals surface area contributed by atoms with Crippen LogP contribution >= 0.6 is 0 Å². The first-order chi connectivity index (χ1) is 15.9. The first kappa shape index (κ1) is 22.9. The minimum absolute atomic E-state index is 0.0166. The monoisotopic (exact) mass is 448 g/mol. The number of hydrogen-bond acceptors (Lipinski definition) is 5. The highest BCUT2D eigenvalue weighted by Crippen LogP contribution is 2.33. The average Bonchev–Trinajstić information content (AvgIpc) is 3.49. The van der Waals surface area contributed by atoms with E-state index in [1.807, 2.05) is 59.7 Å². The number of rotatable bonds is 7. The van der Waals surface area contributed by atoms with E-state index in [2.05, 4.69) is 20.6 Å². The Kier molecular flexibility index (Phi) is 6.74. The minimum Gasteiger partial charge on any atom is -0.343 e. The van der Waals surface area contributed by atoms with Crippen molar-refractivity contribution in [3.63, 3.8) is 0 Å². The van der Waals surface area contributed by atoms with Gasteiger partial charge < -0.3 is 15.5 Å². The molecule has 3 atom stereocenters. The maximum absolute atomic E-state index is 13.6. The molecular weight excluding hydrogens is 416 g/mol. The summed E-state index contributed by atoms with van der Waals surface area (Å²) in [7, 11) is 1.73. The number of fused-ring (bicyclic) bond motifs is 1. The van der Waals surface area contributed by atoms with Crippen LogP contribution in [-0.2, 0) is 9.59 Å². The molecule has 3 heterocycles. The van der Waals surface area contributed by atoms with Crippen LogP contribution in [0.15, 0.2) is 48.9 Å². The van der Waals surface area contributed by atoms with Gasteiger partial charge in [-0.3, -0.25) is 14.2 Å². The summed E-state index contributed by atoms with van der Waals surface area (Å²) in [5.41, 5.74) is 2.94. The van der Waals surface area contributed by atoms with Crippen LogP contribution in [0.4, 0.5) is 0 Å². The number of amides is 2. The van der Waals surface area contributed by atoms with Crippen molar-refractivity contribution in [3.8, 4) is 5.82 Å². The van der Waals surface area contributed by atoms with Crippen LogP contribution in [0.1, 0.15) is 45.2 Å². The first-order valence-corrected chi connectivity index (χ1v) is 11.6. The molecule has 0 radical (unpaired) electrons. The molecule has 2 unspecified atom stereocenters. The fourth-order valence-electron chi connectivity index (χ4n) is 4.39. The number of nitrogens with zero attached hydrogens (tertiary/aromatic N) is 4. The maximum Gasteiger partial charge on any atom is 0.245 e. The van der Waals surface area contributed by atoms with E-state index < -0.39 is 6.04 Å². The fourth-order valence-corrected chi connectivity index (χ4v) is 4.39. The van der Waals surface area contributed by atoms with Crippen LogP contribution < -0.4 is 10.6 Å². The summed E-state index contributed by atoms with van der Waals surface area (Å²) in [5.74, 6) is 0.559. The highest BCUT2D eigenvalue weighted by molar-refractivity contribution is 5.90. The van der Waals surface area contributed by atoms with Crippen molar-refractivity contribution in [1.29, 1.82) is 0 Å². The second-order valence-corrected chi connectivity index (χ2v) is 8.98. The Bertz CT molecular complexity index is 1140. The summed E-state index contributed by atoms with van der Waals surface area (Å²) in [4.78, 5) is 37.0. The van der Waals surface area contributed by atoms with E-state index >= 15 is 0 Å². The lowest BCUT2D eigenvalue weighted by Crippen LogP contribution is -2.54. The summed E-state index contributed by atoms with van der Waals surface area (Å²) in [6.45, 7) is 6.39. The van der Waals surface area contributed by atoms with Crippen LogP contribution in [0, 0.1) is 5.92 Å². The number of para-hydroxylation sites is 2. The second kappa shape index (κ2) is 9.70. The van der Waals surface area contributed by atoms with Crippen LogP contribution in [0.25, 0.3) is 16.9 Å². The molecular formula is C25H32N6O2. The molecule has 8 nitrogen and oxygen atoms in total. The van der Waals surface area contributed by atoms with Crippen molar-refractivity contribution in [2.75, 3.05) is 13.6 Å². The number of imidazole rings is 1. The van der Waals surface area contributed by atoms with E-state index in [9.17, 15) is 9.59 Å². The van der Waals surface area contributed by atoms with Crippen molar-refractivity contribution >= 4 is 22.8 Å². The Morgan fingerprint density at radius 2 is 1.91 bits per heavy atom.